The van der Waals surface area contributed by atoms with Crippen LogP contribution in [0.2, 0.25) is 0 Å². The molecule has 1 heterocycles. The minimum Gasteiger partial charge on any atom is -0.503 e. The number of nitrogens with zero attached hydrogens (tertiary/aromatic N) is 1. The van der Waals surface area contributed by atoms with Crippen LogP contribution in [-0.4, -0.2) is 50.1 Å². The van der Waals surface area contributed by atoms with Crippen LogP contribution < -0.4 is 18.9 Å². The van der Waals surface area contributed by atoms with E-state index in [0.717, 1.165) is 0 Å². The van der Waals surface area contributed by atoms with Crippen molar-refractivity contribution in [3.8, 4) is 23.0 Å². The topological polar surface area (TPSA) is 94.5 Å². The second-order valence-corrected chi connectivity index (χ2v) is 8.14. The Morgan fingerprint density at radius 2 is 1.56 bits per heavy atom. The zero-order chi connectivity index (χ0) is 25.9. The minimum absolute atomic E-state index is 0.0197. The lowest BCUT2D eigenvalue weighted by Crippen LogP contribution is -2.49. The molecule has 1 N–H and O–H groups in total. The Labute approximate surface area is 209 Å². The van der Waals surface area contributed by atoms with E-state index >= 15 is 0 Å². The largest absolute Gasteiger partial charge is 0.503 e. The van der Waals surface area contributed by atoms with Crippen LogP contribution in [0.25, 0.3) is 0 Å². The average Bonchev–Trinajstić information content (AvgIpc) is 3.17. The number of carbonyl (C=O) groups is 2. The highest BCUT2D eigenvalue weighted by Crippen LogP contribution is 2.45. The number of rotatable bonds is 9. The molecule has 0 saturated carbocycles. The second-order valence-electron chi connectivity index (χ2n) is 8.14. The first-order chi connectivity index (χ1) is 17.4. The summed E-state index contributed by atoms with van der Waals surface area (Å²) < 4.78 is 21.6. The van der Waals surface area contributed by atoms with Gasteiger partial charge < -0.3 is 29.0 Å². The third-order valence-electron chi connectivity index (χ3n) is 6.23. The van der Waals surface area contributed by atoms with Crippen LogP contribution >= 0.6 is 0 Å². The van der Waals surface area contributed by atoms with E-state index in [1.54, 1.807) is 67.8 Å². The molecule has 1 atom stereocenters. The van der Waals surface area contributed by atoms with Crippen molar-refractivity contribution in [2.24, 2.45) is 0 Å². The summed E-state index contributed by atoms with van der Waals surface area (Å²) in [6, 6.07) is 18.9. The molecule has 0 fully saturated rings. The molecule has 1 aliphatic rings. The van der Waals surface area contributed by atoms with Gasteiger partial charge in [-0.05, 0) is 47.5 Å². The monoisotopic (exact) mass is 489 g/mol. The molecule has 0 spiro atoms. The lowest BCUT2D eigenvalue weighted by atomic mass is 9.81. The predicted molar refractivity (Wildman–Crippen MR) is 133 cm³/mol. The zero-order valence-electron chi connectivity index (χ0n) is 20.5. The average molecular weight is 490 g/mol. The van der Waals surface area contributed by atoms with E-state index in [9.17, 15) is 14.7 Å². The van der Waals surface area contributed by atoms with Crippen LogP contribution in [0, 0.1) is 0 Å². The molecule has 0 saturated heterocycles. The van der Waals surface area contributed by atoms with Crippen LogP contribution in [0.15, 0.2) is 78.6 Å². The van der Waals surface area contributed by atoms with E-state index in [-0.39, 0.29) is 12.1 Å². The van der Waals surface area contributed by atoms with Crippen molar-refractivity contribution in [2.45, 2.75) is 12.1 Å². The number of aliphatic hydroxyl groups excluding tert-OH is 1. The molecule has 1 unspecified atom stereocenters. The van der Waals surface area contributed by atoms with Crippen molar-refractivity contribution in [1.29, 1.82) is 0 Å². The molecule has 1 aliphatic heterocycles. The third kappa shape index (κ3) is 4.11. The molecular weight excluding hydrogens is 462 g/mol. The number of ether oxygens (including phenoxy) is 4. The molecule has 8 nitrogen and oxygen atoms in total. The first-order valence-electron chi connectivity index (χ1n) is 11.2. The molecule has 186 valence electrons. The Balaban J connectivity index is 1.96. The fourth-order valence-electron chi connectivity index (χ4n) is 4.46. The number of Topliss-reactive ketones (excluding diaryl/α,β-unsaturated/α-hetero) is 1. The fourth-order valence-corrected chi connectivity index (χ4v) is 4.46. The van der Waals surface area contributed by atoms with E-state index < -0.39 is 23.0 Å². The van der Waals surface area contributed by atoms with E-state index in [0.29, 0.717) is 34.1 Å². The maximum Gasteiger partial charge on any atom is 0.290 e. The highest BCUT2D eigenvalue weighted by atomic mass is 16.5. The molecule has 36 heavy (non-hydrogen) atoms. The van der Waals surface area contributed by atoms with Gasteiger partial charge in [0, 0.05) is 12.6 Å². The molecular formula is C28H27NO7. The maximum absolute atomic E-state index is 14.4. The molecule has 0 aliphatic carbocycles. The van der Waals surface area contributed by atoms with Crippen LogP contribution in [0.4, 0.5) is 0 Å². The van der Waals surface area contributed by atoms with Crippen LogP contribution in [0.3, 0.4) is 0 Å². The Bertz CT molecular complexity index is 1330. The third-order valence-corrected chi connectivity index (χ3v) is 6.23. The number of methoxy groups -OCH3 is 4. The molecule has 4 rings (SSSR count). The van der Waals surface area contributed by atoms with Gasteiger partial charge in [-0.1, -0.05) is 30.3 Å². The maximum atomic E-state index is 14.4. The minimum atomic E-state index is -1.70. The van der Waals surface area contributed by atoms with Crippen molar-refractivity contribution in [3.63, 3.8) is 0 Å². The number of para-hydroxylation sites is 1. The number of hydrogen-bond donors (Lipinski definition) is 1. The Morgan fingerprint density at radius 1 is 0.833 bits per heavy atom. The highest BCUT2D eigenvalue weighted by molar-refractivity contribution is 6.12. The normalized spacial score (nSPS) is 16.9. The van der Waals surface area contributed by atoms with Gasteiger partial charge in [0.05, 0.1) is 34.0 Å². The molecule has 3 aromatic carbocycles. The number of aliphatic hydroxyl groups is 1. The summed E-state index contributed by atoms with van der Waals surface area (Å²) in [5.74, 6) is 0.105. The lowest BCUT2D eigenvalue weighted by molar-refractivity contribution is -0.131. The van der Waals surface area contributed by atoms with E-state index in [1.807, 2.05) is 6.07 Å². The smallest absolute Gasteiger partial charge is 0.290 e. The SMILES string of the molecule is COc1cccc(CN2C(=O)C(O)=CC2(C(=O)c2ccccc2OC)c2ccc(OC)c(OC)c2)c1. The molecule has 8 heteroatoms. The van der Waals surface area contributed by atoms with Gasteiger partial charge in [-0.3, -0.25) is 9.59 Å². The summed E-state index contributed by atoms with van der Waals surface area (Å²) in [6.45, 7) is 0.0197. The quantitative estimate of drug-likeness (QED) is 0.448. The number of benzene rings is 3. The zero-order valence-corrected chi connectivity index (χ0v) is 20.5. The van der Waals surface area contributed by atoms with Gasteiger partial charge in [-0.15, -0.1) is 0 Å². The Hall–Kier alpha value is -4.46. The highest BCUT2D eigenvalue weighted by Gasteiger charge is 2.53. The lowest BCUT2D eigenvalue weighted by Gasteiger charge is -2.37. The molecule has 0 aromatic heterocycles. The fraction of sp³-hybridized carbons (Fsp3) is 0.214. The molecule has 0 bridgehead atoms. The second kappa shape index (κ2) is 10.0. The molecule has 0 radical (unpaired) electrons. The summed E-state index contributed by atoms with van der Waals surface area (Å²) in [7, 11) is 6.01. The van der Waals surface area contributed by atoms with Gasteiger partial charge in [0.15, 0.2) is 22.8 Å². The van der Waals surface area contributed by atoms with Crippen LogP contribution in [0.5, 0.6) is 23.0 Å². The summed E-state index contributed by atoms with van der Waals surface area (Å²) in [4.78, 5) is 29.1. The Kier molecular flexibility index (Phi) is 6.87. The van der Waals surface area contributed by atoms with Gasteiger partial charge in [-0.25, -0.2) is 0 Å². The van der Waals surface area contributed by atoms with Gasteiger partial charge in [0.25, 0.3) is 5.91 Å². The van der Waals surface area contributed by atoms with Crippen molar-refractivity contribution in [2.75, 3.05) is 28.4 Å². The van der Waals surface area contributed by atoms with Gasteiger partial charge >= 0.3 is 0 Å². The van der Waals surface area contributed by atoms with E-state index in [2.05, 4.69) is 0 Å². The number of ketones is 1. The van der Waals surface area contributed by atoms with E-state index in [1.165, 1.54) is 32.3 Å². The number of amides is 1. The standard InChI is InChI=1S/C28H27NO7/c1-33-20-9-7-8-18(14-20)17-29-27(32)22(30)16-28(29,19-12-13-24(35-3)25(15-19)36-4)26(31)21-10-5-6-11-23(21)34-2/h5-16,30H,17H2,1-4H3. The summed E-state index contributed by atoms with van der Waals surface area (Å²) >= 11 is 0. The van der Waals surface area contributed by atoms with E-state index in [4.69, 9.17) is 18.9 Å². The number of carbonyl (C=O) groups excluding carboxylic acids is 2. The first-order valence-corrected chi connectivity index (χ1v) is 11.2. The predicted octanol–water partition coefficient (Wildman–Crippen LogP) is 4.28. The Morgan fingerprint density at radius 3 is 2.25 bits per heavy atom. The molecule has 3 aromatic rings. The van der Waals surface area contributed by atoms with Crippen molar-refractivity contribution in [3.05, 3.63) is 95.3 Å². The van der Waals surface area contributed by atoms with Gasteiger partial charge in [-0.2, -0.15) is 0 Å². The molecule has 1 amide bonds. The summed E-state index contributed by atoms with van der Waals surface area (Å²) in [5, 5.41) is 10.7. The first kappa shape index (κ1) is 24.7. The van der Waals surface area contributed by atoms with Crippen molar-refractivity contribution in [1.82, 2.24) is 4.90 Å². The number of hydrogen-bond acceptors (Lipinski definition) is 7. The van der Waals surface area contributed by atoms with Crippen molar-refractivity contribution >= 4 is 11.7 Å². The van der Waals surface area contributed by atoms with Crippen LogP contribution in [0.1, 0.15) is 21.5 Å². The van der Waals surface area contributed by atoms with Gasteiger partial charge in [0.2, 0.25) is 5.78 Å². The van der Waals surface area contributed by atoms with Crippen molar-refractivity contribution < 1.29 is 33.6 Å². The van der Waals surface area contributed by atoms with Gasteiger partial charge in [0.1, 0.15) is 11.5 Å². The summed E-state index contributed by atoms with van der Waals surface area (Å²) in [5.41, 5.74) is -0.317. The summed E-state index contributed by atoms with van der Waals surface area (Å²) in [6.07, 6.45) is 1.28. The van der Waals surface area contributed by atoms with Crippen LogP contribution in [-0.2, 0) is 16.9 Å².